The van der Waals surface area contributed by atoms with E-state index in [-0.39, 0.29) is 23.9 Å². The van der Waals surface area contributed by atoms with Gasteiger partial charge in [0, 0.05) is 29.9 Å². The first-order chi connectivity index (χ1) is 13.4. The van der Waals surface area contributed by atoms with Crippen LogP contribution < -0.4 is 0 Å². The van der Waals surface area contributed by atoms with Crippen molar-refractivity contribution < 1.29 is 23.9 Å². The van der Waals surface area contributed by atoms with Crippen LogP contribution in [0.15, 0.2) is 30.3 Å². The number of esters is 2. The van der Waals surface area contributed by atoms with E-state index in [0.29, 0.717) is 30.5 Å². The fraction of sp³-hybridized carbons (Fsp3) is 0.333. The molecule has 0 fully saturated rings. The normalized spacial score (nSPS) is 10.2. The van der Waals surface area contributed by atoms with E-state index in [4.69, 9.17) is 10.00 Å². The summed E-state index contributed by atoms with van der Waals surface area (Å²) >= 11 is 0. The third kappa shape index (κ3) is 5.07. The van der Waals surface area contributed by atoms with Gasteiger partial charge in [0.2, 0.25) is 5.78 Å². The molecule has 0 amide bonds. The number of ketones is 1. The highest BCUT2D eigenvalue weighted by Crippen LogP contribution is 2.17. The molecular formula is C21H22N2O5. The Balaban J connectivity index is 1.98. The summed E-state index contributed by atoms with van der Waals surface area (Å²) in [6, 6.07) is 9.72. The largest absolute Gasteiger partial charge is 0.469 e. The molecule has 0 aliphatic heterocycles. The Kier molecular flexibility index (Phi) is 7.10. The van der Waals surface area contributed by atoms with Gasteiger partial charge in [0.1, 0.15) is 0 Å². The number of ether oxygens (including phenoxy) is 2. The molecule has 1 aromatic heterocycles. The van der Waals surface area contributed by atoms with Crippen molar-refractivity contribution in [3.63, 3.8) is 0 Å². The molecule has 1 aromatic carbocycles. The highest BCUT2D eigenvalue weighted by atomic mass is 16.5. The lowest BCUT2D eigenvalue weighted by Gasteiger charge is -2.09. The van der Waals surface area contributed by atoms with Gasteiger partial charge in [0.15, 0.2) is 6.61 Å². The van der Waals surface area contributed by atoms with Gasteiger partial charge in [-0.25, -0.2) is 4.79 Å². The average Bonchev–Trinajstić information content (AvgIpc) is 2.99. The van der Waals surface area contributed by atoms with E-state index in [0.717, 1.165) is 11.4 Å². The van der Waals surface area contributed by atoms with Crippen molar-refractivity contribution in [2.45, 2.75) is 33.2 Å². The van der Waals surface area contributed by atoms with Crippen LogP contribution in [0.2, 0.25) is 0 Å². The smallest absolute Gasteiger partial charge is 0.338 e. The predicted octanol–water partition coefficient (Wildman–Crippen LogP) is 2.97. The maximum absolute atomic E-state index is 12.5. The number of aryl methyl sites for hydroxylation is 1. The van der Waals surface area contributed by atoms with Gasteiger partial charge in [-0.3, -0.25) is 9.59 Å². The number of hydrogen-bond acceptors (Lipinski definition) is 6. The molecule has 0 aliphatic carbocycles. The Morgan fingerprint density at radius 2 is 1.82 bits per heavy atom. The zero-order valence-electron chi connectivity index (χ0n) is 16.2. The number of benzene rings is 1. The molecular weight excluding hydrogens is 360 g/mol. The van der Waals surface area contributed by atoms with Crippen LogP contribution in [0, 0.1) is 25.2 Å². The topological polar surface area (TPSA) is 98.4 Å². The minimum atomic E-state index is -0.621. The standard InChI is InChI=1S/C21H22N2O5/c1-14-11-18(15(2)23(14)10-4-5-20(25)27-3)19(24)13-28-21(26)17-8-6-16(12-22)7-9-17/h6-9,11H,4-5,10,13H2,1-3H3. The average molecular weight is 382 g/mol. The Bertz CT molecular complexity index is 920. The number of carbonyl (C=O) groups is 3. The Morgan fingerprint density at radius 1 is 1.14 bits per heavy atom. The second-order valence-electron chi connectivity index (χ2n) is 6.30. The molecule has 0 radical (unpaired) electrons. The van der Waals surface area contributed by atoms with Crippen LogP contribution >= 0.6 is 0 Å². The lowest BCUT2D eigenvalue weighted by atomic mass is 10.1. The van der Waals surface area contributed by atoms with Gasteiger partial charge in [-0.05, 0) is 50.6 Å². The predicted molar refractivity (Wildman–Crippen MR) is 101 cm³/mol. The summed E-state index contributed by atoms with van der Waals surface area (Å²) in [6.07, 6.45) is 0.906. The van der Waals surface area contributed by atoms with E-state index in [1.54, 1.807) is 6.07 Å². The number of Topliss-reactive ketones (excluding diaryl/α,β-unsaturated/α-hetero) is 1. The summed E-state index contributed by atoms with van der Waals surface area (Å²) in [6.45, 7) is 3.92. The molecule has 146 valence electrons. The van der Waals surface area contributed by atoms with E-state index >= 15 is 0 Å². The lowest BCUT2D eigenvalue weighted by Crippen LogP contribution is -2.15. The molecule has 7 heteroatoms. The summed E-state index contributed by atoms with van der Waals surface area (Å²) < 4.78 is 11.7. The van der Waals surface area contributed by atoms with Gasteiger partial charge in [-0.1, -0.05) is 0 Å². The van der Waals surface area contributed by atoms with Crippen molar-refractivity contribution in [1.82, 2.24) is 4.57 Å². The number of methoxy groups -OCH3 is 1. The molecule has 0 N–H and O–H groups in total. The molecule has 28 heavy (non-hydrogen) atoms. The number of aromatic nitrogens is 1. The van der Waals surface area contributed by atoms with Crippen LogP contribution in [0.25, 0.3) is 0 Å². The van der Waals surface area contributed by atoms with Crippen LogP contribution in [0.4, 0.5) is 0 Å². The van der Waals surface area contributed by atoms with E-state index in [1.807, 2.05) is 24.5 Å². The molecule has 0 aliphatic rings. The number of rotatable bonds is 8. The van der Waals surface area contributed by atoms with E-state index in [2.05, 4.69) is 4.74 Å². The van der Waals surface area contributed by atoms with Crippen molar-refractivity contribution in [2.75, 3.05) is 13.7 Å². The van der Waals surface area contributed by atoms with Crippen LogP contribution in [0.5, 0.6) is 0 Å². The highest BCUT2D eigenvalue weighted by Gasteiger charge is 2.18. The number of carbonyl (C=O) groups excluding carboxylic acids is 3. The van der Waals surface area contributed by atoms with Gasteiger partial charge >= 0.3 is 11.9 Å². The fourth-order valence-corrected chi connectivity index (χ4v) is 2.88. The lowest BCUT2D eigenvalue weighted by molar-refractivity contribution is -0.140. The third-order valence-corrected chi connectivity index (χ3v) is 4.45. The van der Waals surface area contributed by atoms with E-state index < -0.39 is 5.97 Å². The molecule has 0 saturated heterocycles. The van der Waals surface area contributed by atoms with Crippen molar-refractivity contribution in [2.24, 2.45) is 0 Å². The summed E-state index contributed by atoms with van der Waals surface area (Å²) in [4.78, 5) is 35.8. The number of nitrogens with zero attached hydrogens (tertiary/aromatic N) is 2. The first-order valence-corrected chi connectivity index (χ1v) is 8.81. The first kappa shape index (κ1) is 20.9. The van der Waals surface area contributed by atoms with Crippen LogP contribution in [0.3, 0.4) is 0 Å². The number of hydrogen-bond donors (Lipinski definition) is 0. The maximum atomic E-state index is 12.5. The molecule has 2 rings (SSSR count). The first-order valence-electron chi connectivity index (χ1n) is 8.81. The molecule has 0 spiro atoms. The van der Waals surface area contributed by atoms with Crippen LogP contribution in [-0.4, -0.2) is 36.0 Å². The van der Waals surface area contributed by atoms with E-state index in [1.165, 1.54) is 31.4 Å². The highest BCUT2D eigenvalue weighted by molar-refractivity contribution is 6.00. The zero-order valence-corrected chi connectivity index (χ0v) is 16.2. The quantitative estimate of drug-likeness (QED) is 0.514. The summed E-state index contributed by atoms with van der Waals surface area (Å²) in [5.41, 5.74) is 2.86. The monoisotopic (exact) mass is 382 g/mol. The van der Waals surface area contributed by atoms with Crippen LogP contribution in [-0.2, 0) is 20.8 Å². The summed E-state index contributed by atoms with van der Waals surface area (Å²) in [5.74, 6) is -1.19. The summed E-state index contributed by atoms with van der Waals surface area (Å²) in [5, 5.41) is 8.78. The van der Waals surface area contributed by atoms with Crippen molar-refractivity contribution in [1.29, 1.82) is 5.26 Å². The van der Waals surface area contributed by atoms with Gasteiger partial charge in [-0.2, -0.15) is 5.26 Å². The SMILES string of the molecule is COC(=O)CCCn1c(C)cc(C(=O)COC(=O)c2ccc(C#N)cc2)c1C. The summed E-state index contributed by atoms with van der Waals surface area (Å²) in [7, 11) is 1.35. The van der Waals surface area contributed by atoms with Crippen molar-refractivity contribution in [3.05, 3.63) is 58.4 Å². The molecule has 0 unspecified atom stereocenters. The molecule has 2 aromatic rings. The molecule has 0 bridgehead atoms. The zero-order chi connectivity index (χ0) is 20.7. The van der Waals surface area contributed by atoms with Gasteiger partial charge in [0.05, 0.1) is 24.3 Å². The second kappa shape index (κ2) is 9.51. The van der Waals surface area contributed by atoms with Crippen molar-refractivity contribution >= 4 is 17.7 Å². The molecule has 1 heterocycles. The Morgan fingerprint density at radius 3 is 2.43 bits per heavy atom. The minimum Gasteiger partial charge on any atom is -0.469 e. The Hall–Kier alpha value is -3.40. The fourth-order valence-electron chi connectivity index (χ4n) is 2.88. The maximum Gasteiger partial charge on any atom is 0.338 e. The second-order valence-corrected chi connectivity index (χ2v) is 6.30. The third-order valence-electron chi connectivity index (χ3n) is 4.45. The molecule has 0 atom stereocenters. The molecule has 7 nitrogen and oxygen atoms in total. The van der Waals surface area contributed by atoms with Crippen molar-refractivity contribution in [3.8, 4) is 6.07 Å². The Labute approximate surface area is 163 Å². The molecule has 0 saturated carbocycles. The van der Waals surface area contributed by atoms with Gasteiger partial charge in [-0.15, -0.1) is 0 Å². The minimum absolute atomic E-state index is 0.270. The van der Waals surface area contributed by atoms with E-state index in [9.17, 15) is 14.4 Å². The number of nitriles is 1. The van der Waals surface area contributed by atoms with Crippen LogP contribution in [0.1, 0.15) is 50.5 Å². The van der Waals surface area contributed by atoms with Gasteiger partial charge < -0.3 is 14.0 Å². The van der Waals surface area contributed by atoms with Gasteiger partial charge in [0.25, 0.3) is 0 Å².